The predicted molar refractivity (Wildman–Crippen MR) is 65.6 cm³/mol. The van der Waals surface area contributed by atoms with Crippen molar-refractivity contribution < 1.29 is 9.53 Å². The maximum absolute atomic E-state index is 11.6. The summed E-state index contributed by atoms with van der Waals surface area (Å²) in [5, 5.41) is 0. The summed E-state index contributed by atoms with van der Waals surface area (Å²) in [4.78, 5) is 12.9. The summed E-state index contributed by atoms with van der Waals surface area (Å²) in [6, 6.07) is 8.42. The minimum absolute atomic E-state index is 0.0542. The molecule has 1 saturated carbocycles. The highest BCUT2D eigenvalue weighted by atomic mass is 32.2. The van der Waals surface area contributed by atoms with Gasteiger partial charge in [0.2, 0.25) is 0 Å². The van der Waals surface area contributed by atoms with Gasteiger partial charge in [-0.3, -0.25) is 4.79 Å². The summed E-state index contributed by atoms with van der Waals surface area (Å²) >= 11 is 1.73. The molecule has 1 fully saturated rings. The lowest BCUT2D eigenvalue weighted by Crippen LogP contribution is -2.19. The van der Waals surface area contributed by atoms with Crippen LogP contribution in [0.25, 0.3) is 0 Å². The fraction of sp³-hybridized carbons (Fsp3) is 0.462. The third-order valence-electron chi connectivity index (χ3n) is 3.17. The van der Waals surface area contributed by atoms with Crippen molar-refractivity contribution in [2.24, 2.45) is 5.41 Å². The van der Waals surface area contributed by atoms with Crippen LogP contribution in [0.15, 0.2) is 29.2 Å². The van der Waals surface area contributed by atoms with Gasteiger partial charge in [-0.15, -0.1) is 11.8 Å². The van der Waals surface area contributed by atoms with Crippen LogP contribution in [0.4, 0.5) is 0 Å². The molecule has 0 heterocycles. The average Bonchev–Trinajstić information content (AvgIpc) is 3.10. The fourth-order valence-corrected chi connectivity index (χ4v) is 2.36. The number of carbonyl (C=O) groups excluding carboxylic acids is 1. The van der Waals surface area contributed by atoms with E-state index in [9.17, 15) is 4.79 Å². The molecule has 0 atom stereocenters. The van der Waals surface area contributed by atoms with E-state index >= 15 is 0 Å². The molecule has 1 aliphatic carbocycles. The van der Waals surface area contributed by atoms with Crippen molar-refractivity contribution in [3.05, 3.63) is 29.8 Å². The number of benzene rings is 1. The zero-order valence-corrected chi connectivity index (χ0v) is 10.5. The molecule has 0 aliphatic heterocycles. The molecule has 2 rings (SSSR count). The van der Waals surface area contributed by atoms with Gasteiger partial charge in [0.25, 0.3) is 0 Å². The average molecular weight is 236 g/mol. The molecule has 0 N–H and O–H groups in total. The lowest BCUT2D eigenvalue weighted by Gasteiger charge is -2.12. The molecule has 0 aromatic heterocycles. The molecule has 2 nitrogen and oxygen atoms in total. The highest BCUT2D eigenvalue weighted by molar-refractivity contribution is 7.98. The normalized spacial score (nSPS) is 16.9. The Hall–Kier alpha value is -0.960. The number of hydrogen-bond acceptors (Lipinski definition) is 3. The second-order valence-electron chi connectivity index (χ2n) is 4.30. The summed E-state index contributed by atoms with van der Waals surface area (Å²) in [5.74, 6) is -0.0542. The molecule has 0 bridgehead atoms. The monoisotopic (exact) mass is 236 g/mol. The summed E-state index contributed by atoms with van der Waals surface area (Å²) in [6.45, 7) is 0. The van der Waals surface area contributed by atoms with E-state index in [4.69, 9.17) is 4.74 Å². The van der Waals surface area contributed by atoms with E-state index in [2.05, 4.69) is 30.5 Å². The van der Waals surface area contributed by atoms with E-state index in [1.807, 2.05) is 0 Å². The summed E-state index contributed by atoms with van der Waals surface area (Å²) in [6.07, 6.45) is 4.80. The molecule has 0 radical (unpaired) electrons. The van der Waals surface area contributed by atoms with E-state index in [0.717, 1.165) is 19.3 Å². The van der Waals surface area contributed by atoms with Crippen LogP contribution in [0.2, 0.25) is 0 Å². The molecule has 0 saturated heterocycles. The van der Waals surface area contributed by atoms with Gasteiger partial charge in [-0.05, 0) is 43.2 Å². The third-order valence-corrected chi connectivity index (χ3v) is 3.92. The number of hydrogen-bond donors (Lipinski definition) is 0. The van der Waals surface area contributed by atoms with Gasteiger partial charge in [0.1, 0.15) is 0 Å². The van der Waals surface area contributed by atoms with E-state index < -0.39 is 0 Å². The number of ether oxygens (including phenoxy) is 1. The Morgan fingerprint density at radius 3 is 2.44 bits per heavy atom. The minimum Gasteiger partial charge on any atom is -0.469 e. The van der Waals surface area contributed by atoms with Gasteiger partial charge >= 0.3 is 5.97 Å². The van der Waals surface area contributed by atoms with Crippen LogP contribution in [0.1, 0.15) is 18.4 Å². The van der Waals surface area contributed by atoms with E-state index in [1.165, 1.54) is 17.6 Å². The zero-order chi connectivity index (χ0) is 11.6. The first-order valence-corrected chi connectivity index (χ1v) is 6.64. The summed E-state index contributed by atoms with van der Waals surface area (Å²) in [5.41, 5.74) is 1.01. The molecule has 0 amide bonds. The Labute approximate surface area is 100 Å². The molecule has 0 unspecified atom stereocenters. The van der Waals surface area contributed by atoms with Crippen LogP contribution >= 0.6 is 11.8 Å². The smallest absolute Gasteiger partial charge is 0.312 e. The van der Waals surface area contributed by atoms with Crippen molar-refractivity contribution >= 4 is 17.7 Å². The number of methoxy groups -OCH3 is 1. The first-order valence-electron chi connectivity index (χ1n) is 5.41. The van der Waals surface area contributed by atoms with Gasteiger partial charge in [0.05, 0.1) is 12.5 Å². The van der Waals surface area contributed by atoms with Gasteiger partial charge in [0, 0.05) is 4.90 Å². The van der Waals surface area contributed by atoms with Crippen LogP contribution < -0.4 is 0 Å². The van der Waals surface area contributed by atoms with Gasteiger partial charge in [-0.2, -0.15) is 0 Å². The third kappa shape index (κ3) is 2.24. The molecular weight excluding hydrogens is 220 g/mol. The first-order chi connectivity index (χ1) is 7.70. The molecule has 86 valence electrons. The largest absolute Gasteiger partial charge is 0.469 e. The van der Waals surface area contributed by atoms with Crippen LogP contribution in [0.3, 0.4) is 0 Å². The van der Waals surface area contributed by atoms with Crippen molar-refractivity contribution in [1.82, 2.24) is 0 Å². The number of esters is 1. The van der Waals surface area contributed by atoms with Crippen molar-refractivity contribution in [2.75, 3.05) is 13.4 Å². The Balaban J connectivity index is 2.06. The van der Waals surface area contributed by atoms with Crippen LogP contribution in [-0.2, 0) is 16.0 Å². The second kappa shape index (κ2) is 4.50. The standard InChI is InChI=1S/C13H16O2S/c1-15-12(14)13(7-8-13)9-10-3-5-11(16-2)6-4-10/h3-6H,7-9H2,1-2H3. The van der Waals surface area contributed by atoms with Gasteiger partial charge < -0.3 is 4.74 Å². The van der Waals surface area contributed by atoms with Crippen LogP contribution in [-0.4, -0.2) is 19.3 Å². The Kier molecular flexibility index (Phi) is 3.24. The van der Waals surface area contributed by atoms with Crippen molar-refractivity contribution in [2.45, 2.75) is 24.2 Å². The topological polar surface area (TPSA) is 26.3 Å². The van der Waals surface area contributed by atoms with Gasteiger partial charge in [0.15, 0.2) is 0 Å². The molecule has 0 spiro atoms. The number of rotatable bonds is 4. The summed E-state index contributed by atoms with van der Waals surface area (Å²) < 4.78 is 4.85. The molecule has 3 heteroatoms. The maximum atomic E-state index is 11.6. The molecule has 1 aromatic rings. The number of carbonyl (C=O) groups is 1. The number of thioether (sulfide) groups is 1. The molecule has 1 aliphatic rings. The van der Waals surface area contributed by atoms with Crippen LogP contribution in [0, 0.1) is 5.41 Å². The molecule has 1 aromatic carbocycles. The molecular formula is C13H16O2S. The quantitative estimate of drug-likeness (QED) is 0.594. The Morgan fingerprint density at radius 1 is 1.38 bits per heavy atom. The lowest BCUT2D eigenvalue weighted by atomic mass is 9.97. The second-order valence-corrected chi connectivity index (χ2v) is 5.18. The van der Waals surface area contributed by atoms with Gasteiger partial charge in [-0.25, -0.2) is 0 Å². The minimum atomic E-state index is -0.213. The van der Waals surface area contributed by atoms with Crippen molar-refractivity contribution in [3.8, 4) is 0 Å². The SMILES string of the molecule is COC(=O)C1(Cc2ccc(SC)cc2)CC1. The zero-order valence-electron chi connectivity index (χ0n) is 9.66. The maximum Gasteiger partial charge on any atom is 0.312 e. The summed E-state index contributed by atoms with van der Waals surface area (Å²) in [7, 11) is 1.47. The van der Waals surface area contributed by atoms with Crippen molar-refractivity contribution in [3.63, 3.8) is 0 Å². The van der Waals surface area contributed by atoms with Gasteiger partial charge in [-0.1, -0.05) is 12.1 Å². The Bertz CT molecular complexity index is 379. The highest BCUT2D eigenvalue weighted by Crippen LogP contribution is 2.49. The first kappa shape index (κ1) is 11.5. The van der Waals surface area contributed by atoms with E-state index in [1.54, 1.807) is 11.8 Å². The van der Waals surface area contributed by atoms with Crippen molar-refractivity contribution in [1.29, 1.82) is 0 Å². The fourth-order valence-electron chi connectivity index (χ4n) is 1.95. The Morgan fingerprint density at radius 2 is 2.00 bits per heavy atom. The lowest BCUT2D eigenvalue weighted by molar-refractivity contribution is -0.147. The van der Waals surface area contributed by atoms with E-state index in [-0.39, 0.29) is 11.4 Å². The molecule has 16 heavy (non-hydrogen) atoms. The highest BCUT2D eigenvalue weighted by Gasteiger charge is 2.50. The van der Waals surface area contributed by atoms with Crippen LogP contribution in [0.5, 0.6) is 0 Å². The predicted octanol–water partition coefficient (Wildman–Crippen LogP) is 2.90. The van der Waals surface area contributed by atoms with E-state index in [0.29, 0.717) is 0 Å².